The fourth-order valence-electron chi connectivity index (χ4n) is 2.20. The second-order valence-electron chi connectivity index (χ2n) is 5.46. The van der Waals surface area contributed by atoms with Crippen molar-refractivity contribution in [3.05, 3.63) is 71.3 Å². The normalized spacial score (nSPS) is 13.1. The van der Waals surface area contributed by atoms with Gasteiger partial charge in [-0.05, 0) is 36.8 Å². The van der Waals surface area contributed by atoms with Gasteiger partial charge in [-0.3, -0.25) is 9.59 Å². The quantitative estimate of drug-likeness (QED) is 0.755. The van der Waals surface area contributed by atoms with Crippen molar-refractivity contribution in [1.29, 1.82) is 0 Å². The summed E-state index contributed by atoms with van der Waals surface area (Å²) < 4.78 is 0. The zero-order valence-electron chi connectivity index (χ0n) is 12.9. The topological polar surface area (TPSA) is 92.4 Å². The Labute approximate surface area is 135 Å². The van der Waals surface area contributed by atoms with Crippen LogP contribution in [0.2, 0.25) is 0 Å². The Hall–Kier alpha value is -2.66. The lowest BCUT2D eigenvalue weighted by atomic mass is 10.0. The van der Waals surface area contributed by atoms with Crippen molar-refractivity contribution in [1.82, 2.24) is 5.32 Å². The second kappa shape index (κ2) is 7.56. The number of carbonyl (C=O) groups excluding carboxylic acids is 2. The Morgan fingerprint density at radius 2 is 1.61 bits per heavy atom. The highest BCUT2D eigenvalue weighted by atomic mass is 16.3. The molecule has 0 saturated carbocycles. The molecule has 0 bridgehead atoms. The van der Waals surface area contributed by atoms with E-state index >= 15 is 0 Å². The number of hydrogen-bond acceptors (Lipinski definition) is 3. The third kappa shape index (κ3) is 4.66. The second-order valence-corrected chi connectivity index (χ2v) is 5.46. The summed E-state index contributed by atoms with van der Waals surface area (Å²) in [6, 6.07) is 15.3. The molecule has 2 rings (SSSR count). The number of benzene rings is 2. The molecule has 2 aromatic rings. The molecular weight excluding hydrogens is 292 g/mol. The molecular formula is C18H20N2O3. The molecule has 0 aliphatic carbocycles. The van der Waals surface area contributed by atoms with Crippen LogP contribution in [0, 0.1) is 0 Å². The van der Waals surface area contributed by atoms with Crippen LogP contribution in [0.3, 0.4) is 0 Å². The first-order valence-electron chi connectivity index (χ1n) is 7.40. The number of nitrogens with two attached hydrogens (primary N) is 1. The molecule has 0 aliphatic heterocycles. The average molecular weight is 312 g/mol. The summed E-state index contributed by atoms with van der Waals surface area (Å²) in [6.45, 7) is 1.75. The van der Waals surface area contributed by atoms with Gasteiger partial charge in [-0.2, -0.15) is 0 Å². The van der Waals surface area contributed by atoms with Crippen molar-refractivity contribution < 1.29 is 14.7 Å². The van der Waals surface area contributed by atoms with Gasteiger partial charge in [-0.15, -0.1) is 0 Å². The number of carbonyl (C=O) groups is 2. The first-order valence-corrected chi connectivity index (χ1v) is 7.40. The lowest BCUT2D eigenvalue weighted by Gasteiger charge is -2.20. The summed E-state index contributed by atoms with van der Waals surface area (Å²) in [5.41, 5.74) is 6.92. The SMILES string of the molecule is CC(NC(=O)c1ccc(C(N)=O)cc1)C(O)Cc1ccccc1. The van der Waals surface area contributed by atoms with Crippen LogP contribution in [0.1, 0.15) is 33.2 Å². The molecule has 2 unspecified atom stereocenters. The number of nitrogens with one attached hydrogen (secondary N) is 1. The van der Waals surface area contributed by atoms with Gasteiger partial charge in [0.1, 0.15) is 0 Å². The van der Waals surface area contributed by atoms with Crippen LogP contribution in [0.5, 0.6) is 0 Å². The van der Waals surface area contributed by atoms with Crippen molar-refractivity contribution in [2.45, 2.75) is 25.5 Å². The van der Waals surface area contributed by atoms with Crippen molar-refractivity contribution in [3.63, 3.8) is 0 Å². The van der Waals surface area contributed by atoms with Gasteiger partial charge in [0.2, 0.25) is 5.91 Å². The summed E-state index contributed by atoms with van der Waals surface area (Å²) in [5.74, 6) is -0.843. The van der Waals surface area contributed by atoms with Gasteiger partial charge < -0.3 is 16.2 Å². The highest BCUT2D eigenvalue weighted by molar-refractivity contribution is 5.97. The minimum Gasteiger partial charge on any atom is -0.391 e. The number of hydrogen-bond donors (Lipinski definition) is 3. The minimum absolute atomic E-state index is 0.305. The number of aliphatic hydroxyl groups is 1. The van der Waals surface area contributed by atoms with Crippen LogP contribution in [0.25, 0.3) is 0 Å². The van der Waals surface area contributed by atoms with E-state index in [1.807, 2.05) is 30.3 Å². The van der Waals surface area contributed by atoms with Gasteiger partial charge in [-0.25, -0.2) is 0 Å². The Bertz CT molecular complexity index is 668. The molecule has 5 nitrogen and oxygen atoms in total. The van der Waals surface area contributed by atoms with E-state index in [9.17, 15) is 14.7 Å². The van der Waals surface area contributed by atoms with Gasteiger partial charge in [0.05, 0.1) is 12.1 Å². The number of amides is 2. The molecule has 0 radical (unpaired) electrons. The molecule has 5 heteroatoms. The van der Waals surface area contributed by atoms with Gasteiger partial charge in [0.25, 0.3) is 5.91 Å². The summed E-state index contributed by atoms with van der Waals surface area (Å²) >= 11 is 0. The monoisotopic (exact) mass is 312 g/mol. The lowest BCUT2D eigenvalue weighted by molar-refractivity contribution is 0.0851. The smallest absolute Gasteiger partial charge is 0.251 e. The van der Waals surface area contributed by atoms with Crippen LogP contribution in [-0.4, -0.2) is 29.1 Å². The summed E-state index contributed by atoms with van der Waals surface area (Å²) in [4.78, 5) is 23.2. The highest BCUT2D eigenvalue weighted by Gasteiger charge is 2.18. The summed E-state index contributed by atoms with van der Waals surface area (Å²) in [6.07, 6.45) is -0.227. The maximum absolute atomic E-state index is 12.2. The maximum atomic E-state index is 12.2. The molecule has 120 valence electrons. The first-order chi connectivity index (χ1) is 11.0. The van der Waals surface area contributed by atoms with Crippen molar-refractivity contribution in [3.8, 4) is 0 Å². The third-order valence-electron chi connectivity index (χ3n) is 3.66. The molecule has 0 heterocycles. The highest BCUT2D eigenvalue weighted by Crippen LogP contribution is 2.08. The standard InChI is InChI=1S/C18H20N2O3/c1-12(16(21)11-13-5-3-2-4-6-13)20-18(23)15-9-7-14(8-10-15)17(19)22/h2-10,12,16,21H,11H2,1H3,(H2,19,22)(H,20,23). The van der Waals surface area contributed by atoms with Crippen LogP contribution in [-0.2, 0) is 6.42 Å². The van der Waals surface area contributed by atoms with E-state index in [1.54, 1.807) is 6.92 Å². The first kappa shape index (κ1) is 16.7. The van der Waals surface area contributed by atoms with Gasteiger partial charge in [0.15, 0.2) is 0 Å². The molecule has 0 aromatic heterocycles. The third-order valence-corrected chi connectivity index (χ3v) is 3.66. The average Bonchev–Trinajstić information content (AvgIpc) is 2.55. The van der Waals surface area contributed by atoms with Gasteiger partial charge >= 0.3 is 0 Å². The van der Waals surface area contributed by atoms with E-state index < -0.39 is 18.1 Å². The van der Waals surface area contributed by atoms with Gasteiger partial charge in [-0.1, -0.05) is 30.3 Å². The molecule has 2 atom stereocenters. The van der Waals surface area contributed by atoms with E-state index in [1.165, 1.54) is 24.3 Å². The van der Waals surface area contributed by atoms with E-state index in [-0.39, 0.29) is 5.91 Å². The number of primary amides is 1. The largest absolute Gasteiger partial charge is 0.391 e. The van der Waals surface area contributed by atoms with Crippen molar-refractivity contribution in [2.75, 3.05) is 0 Å². The Morgan fingerprint density at radius 1 is 1.04 bits per heavy atom. The Balaban J connectivity index is 1.94. The van der Waals surface area contributed by atoms with E-state index in [0.717, 1.165) is 5.56 Å². The Morgan fingerprint density at radius 3 is 2.17 bits per heavy atom. The summed E-state index contributed by atoms with van der Waals surface area (Å²) in [7, 11) is 0. The number of rotatable bonds is 6. The molecule has 0 aliphatic rings. The molecule has 4 N–H and O–H groups in total. The molecule has 0 saturated heterocycles. The molecule has 2 amide bonds. The van der Waals surface area contributed by atoms with Gasteiger partial charge in [0, 0.05) is 17.5 Å². The molecule has 23 heavy (non-hydrogen) atoms. The van der Waals surface area contributed by atoms with E-state index in [0.29, 0.717) is 17.5 Å². The fraction of sp³-hybridized carbons (Fsp3) is 0.222. The molecule has 2 aromatic carbocycles. The van der Waals surface area contributed by atoms with Crippen LogP contribution in [0.15, 0.2) is 54.6 Å². The van der Waals surface area contributed by atoms with Crippen LogP contribution in [0.4, 0.5) is 0 Å². The predicted octanol–water partition coefficient (Wildman–Crippen LogP) is 1.51. The number of aliphatic hydroxyl groups excluding tert-OH is 1. The van der Waals surface area contributed by atoms with Crippen molar-refractivity contribution >= 4 is 11.8 Å². The van der Waals surface area contributed by atoms with Crippen LogP contribution < -0.4 is 11.1 Å². The zero-order chi connectivity index (χ0) is 16.8. The maximum Gasteiger partial charge on any atom is 0.251 e. The predicted molar refractivity (Wildman–Crippen MR) is 88.0 cm³/mol. The lowest BCUT2D eigenvalue weighted by Crippen LogP contribution is -2.42. The van der Waals surface area contributed by atoms with E-state index in [4.69, 9.17) is 5.73 Å². The fourth-order valence-corrected chi connectivity index (χ4v) is 2.20. The van der Waals surface area contributed by atoms with E-state index in [2.05, 4.69) is 5.32 Å². The minimum atomic E-state index is -0.689. The molecule has 0 fully saturated rings. The van der Waals surface area contributed by atoms with Crippen molar-refractivity contribution in [2.24, 2.45) is 5.73 Å². The summed E-state index contributed by atoms with van der Waals surface area (Å²) in [5, 5.41) is 13.0. The zero-order valence-corrected chi connectivity index (χ0v) is 12.9. The molecule has 0 spiro atoms. The van der Waals surface area contributed by atoms with Crippen LogP contribution >= 0.6 is 0 Å². The Kier molecular flexibility index (Phi) is 5.49.